The maximum absolute atomic E-state index is 5.76. The molecule has 0 radical (unpaired) electrons. The van der Waals surface area contributed by atoms with E-state index >= 15 is 0 Å². The number of rotatable bonds is 5. The Hall–Kier alpha value is -0.860. The van der Waals surface area contributed by atoms with Crippen LogP contribution in [-0.2, 0) is 13.0 Å². The van der Waals surface area contributed by atoms with Crippen molar-refractivity contribution in [2.75, 3.05) is 6.54 Å². The monoisotopic (exact) mass is 246 g/mol. The third kappa shape index (κ3) is 2.19. The van der Waals surface area contributed by atoms with Crippen LogP contribution < -0.4 is 11.1 Å². The Kier molecular flexibility index (Phi) is 3.52. The second kappa shape index (κ2) is 4.67. The maximum atomic E-state index is 5.76. The summed E-state index contributed by atoms with van der Waals surface area (Å²) in [4.78, 5) is 0. The number of hydrogen-bond donors (Lipinski definition) is 2. The standard InChI is InChI=1S/C16H26N2/c1-15(2)14(16(15,3)4)18-10-9-12-7-5-6-8-13(12)11-17/h5-8,14,18H,9-11,17H2,1-4H3. The molecule has 2 rings (SSSR count). The smallest absolute Gasteiger partial charge is 0.0181 e. The Bertz CT molecular complexity index is 407. The predicted octanol–water partition coefficient (Wildman–Crippen LogP) is 2.71. The van der Waals surface area contributed by atoms with Crippen molar-refractivity contribution in [3.8, 4) is 0 Å². The van der Waals surface area contributed by atoms with Gasteiger partial charge in [-0.3, -0.25) is 0 Å². The number of benzene rings is 1. The van der Waals surface area contributed by atoms with Crippen LogP contribution in [0.5, 0.6) is 0 Å². The zero-order chi connectivity index (χ0) is 13.4. The molecule has 0 aromatic heterocycles. The van der Waals surface area contributed by atoms with Crippen LogP contribution in [0.25, 0.3) is 0 Å². The first-order valence-electron chi connectivity index (χ1n) is 6.91. The predicted molar refractivity (Wildman–Crippen MR) is 77.4 cm³/mol. The molecule has 0 bridgehead atoms. The lowest BCUT2D eigenvalue weighted by Crippen LogP contribution is -2.25. The van der Waals surface area contributed by atoms with Crippen molar-refractivity contribution in [2.24, 2.45) is 16.6 Å². The van der Waals surface area contributed by atoms with Crippen LogP contribution in [-0.4, -0.2) is 12.6 Å². The van der Waals surface area contributed by atoms with Gasteiger partial charge in [0.1, 0.15) is 0 Å². The quantitative estimate of drug-likeness (QED) is 0.838. The summed E-state index contributed by atoms with van der Waals surface area (Å²) in [6.45, 7) is 11.1. The molecule has 1 aliphatic rings. The van der Waals surface area contributed by atoms with Crippen molar-refractivity contribution in [3.05, 3.63) is 35.4 Å². The van der Waals surface area contributed by atoms with Crippen LogP contribution in [0.2, 0.25) is 0 Å². The molecule has 0 amide bonds. The van der Waals surface area contributed by atoms with Crippen LogP contribution in [0, 0.1) is 10.8 Å². The Labute approximate surface area is 111 Å². The average molecular weight is 246 g/mol. The molecule has 2 nitrogen and oxygen atoms in total. The van der Waals surface area contributed by atoms with Gasteiger partial charge in [-0.25, -0.2) is 0 Å². The number of nitrogens with one attached hydrogen (secondary N) is 1. The van der Waals surface area contributed by atoms with Crippen LogP contribution in [0.1, 0.15) is 38.8 Å². The normalized spacial score (nSPS) is 20.9. The van der Waals surface area contributed by atoms with Crippen molar-refractivity contribution >= 4 is 0 Å². The van der Waals surface area contributed by atoms with Gasteiger partial charge in [-0.05, 0) is 34.9 Å². The minimum atomic E-state index is 0.417. The summed E-state index contributed by atoms with van der Waals surface area (Å²) in [6.07, 6.45) is 1.07. The highest BCUT2D eigenvalue weighted by atomic mass is 15.0. The van der Waals surface area contributed by atoms with Gasteiger partial charge >= 0.3 is 0 Å². The van der Waals surface area contributed by atoms with E-state index in [1.54, 1.807) is 0 Å². The van der Waals surface area contributed by atoms with Gasteiger partial charge in [0.05, 0.1) is 0 Å². The minimum absolute atomic E-state index is 0.417. The van der Waals surface area contributed by atoms with Gasteiger partial charge in [0.15, 0.2) is 0 Å². The Morgan fingerprint density at radius 2 is 1.61 bits per heavy atom. The molecule has 0 atom stereocenters. The minimum Gasteiger partial charge on any atom is -0.326 e. The highest BCUT2D eigenvalue weighted by Gasteiger charge is 2.64. The highest BCUT2D eigenvalue weighted by molar-refractivity contribution is 5.27. The molecule has 100 valence electrons. The Morgan fingerprint density at radius 1 is 1.06 bits per heavy atom. The molecule has 0 aliphatic heterocycles. The molecule has 1 aromatic carbocycles. The molecule has 1 fully saturated rings. The van der Waals surface area contributed by atoms with Crippen LogP contribution >= 0.6 is 0 Å². The summed E-state index contributed by atoms with van der Waals surface area (Å²) in [7, 11) is 0. The van der Waals surface area contributed by atoms with Crippen molar-refractivity contribution in [1.82, 2.24) is 5.32 Å². The van der Waals surface area contributed by atoms with E-state index in [4.69, 9.17) is 5.73 Å². The summed E-state index contributed by atoms with van der Waals surface area (Å²) in [5, 5.41) is 3.70. The fourth-order valence-corrected chi connectivity index (χ4v) is 3.06. The lowest BCUT2D eigenvalue weighted by atomic mass is 10.0. The molecular formula is C16H26N2. The lowest BCUT2D eigenvalue weighted by Gasteiger charge is -2.09. The fourth-order valence-electron chi connectivity index (χ4n) is 3.06. The summed E-state index contributed by atoms with van der Waals surface area (Å²) >= 11 is 0. The maximum Gasteiger partial charge on any atom is 0.0181 e. The third-order valence-corrected chi connectivity index (χ3v) is 5.10. The van der Waals surface area contributed by atoms with Gasteiger partial charge in [0.25, 0.3) is 0 Å². The molecule has 0 spiro atoms. The van der Waals surface area contributed by atoms with Gasteiger partial charge in [-0.2, -0.15) is 0 Å². The van der Waals surface area contributed by atoms with Crippen molar-refractivity contribution in [1.29, 1.82) is 0 Å². The first kappa shape index (κ1) is 13.6. The average Bonchev–Trinajstić information content (AvgIpc) is 2.72. The topological polar surface area (TPSA) is 38.0 Å². The van der Waals surface area contributed by atoms with Crippen molar-refractivity contribution in [3.63, 3.8) is 0 Å². The van der Waals surface area contributed by atoms with Crippen molar-refractivity contribution in [2.45, 2.75) is 46.7 Å². The van der Waals surface area contributed by atoms with Gasteiger partial charge in [-0.15, -0.1) is 0 Å². The highest BCUT2D eigenvalue weighted by Crippen LogP contribution is 2.62. The first-order chi connectivity index (χ1) is 8.41. The van der Waals surface area contributed by atoms with Crippen LogP contribution in [0.15, 0.2) is 24.3 Å². The molecule has 3 N–H and O–H groups in total. The molecule has 0 heterocycles. The third-order valence-electron chi connectivity index (χ3n) is 5.10. The van der Waals surface area contributed by atoms with E-state index in [1.807, 2.05) is 0 Å². The first-order valence-corrected chi connectivity index (χ1v) is 6.91. The van der Waals surface area contributed by atoms with Crippen molar-refractivity contribution < 1.29 is 0 Å². The van der Waals surface area contributed by atoms with E-state index in [0.29, 0.717) is 23.4 Å². The van der Waals surface area contributed by atoms with Gasteiger partial charge < -0.3 is 11.1 Å². The fraction of sp³-hybridized carbons (Fsp3) is 0.625. The zero-order valence-corrected chi connectivity index (χ0v) is 12.1. The second-order valence-electron chi connectivity index (χ2n) is 6.55. The SMILES string of the molecule is CC1(C)C(NCCc2ccccc2CN)C1(C)C. The summed E-state index contributed by atoms with van der Waals surface area (Å²) < 4.78 is 0. The summed E-state index contributed by atoms with van der Waals surface area (Å²) in [5.74, 6) is 0. The Morgan fingerprint density at radius 3 is 2.11 bits per heavy atom. The molecule has 1 aromatic rings. The van der Waals surface area contributed by atoms with E-state index in [9.17, 15) is 0 Å². The van der Waals surface area contributed by atoms with Gasteiger partial charge in [0.2, 0.25) is 0 Å². The lowest BCUT2D eigenvalue weighted by molar-refractivity contribution is 0.457. The molecule has 0 saturated heterocycles. The molecule has 2 heteroatoms. The zero-order valence-electron chi connectivity index (χ0n) is 12.1. The van der Waals surface area contributed by atoms with E-state index < -0.39 is 0 Å². The van der Waals surface area contributed by atoms with E-state index in [2.05, 4.69) is 57.3 Å². The molecular weight excluding hydrogens is 220 g/mol. The number of nitrogens with two attached hydrogens (primary N) is 1. The van der Waals surface area contributed by atoms with Crippen LogP contribution in [0.3, 0.4) is 0 Å². The van der Waals surface area contributed by atoms with Gasteiger partial charge in [0, 0.05) is 12.6 Å². The molecule has 1 saturated carbocycles. The molecule has 1 aliphatic carbocycles. The molecule has 18 heavy (non-hydrogen) atoms. The summed E-state index contributed by atoms with van der Waals surface area (Å²) in [5.41, 5.74) is 9.24. The van der Waals surface area contributed by atoms with Gasteiger partial charge in [-0.1, -0.05) is 52.0 Å². The largest absolute Gasteiger partial charge is 0.326 e. The van der Waals surface area contributed by atoms with E-state index in [0.717, 1.165) is 13.0 Å². The summed E-state index contributed by atoms with van der Waals surface area (Å²) in [6, 6.07) is 9.11. The number of hydrogen-bond acceptors (Lipinski definition) is 2. The Balaban J connectivity index is 1.87. The van der Waals surface area contributed by atoms with E-state index in [-0.39, 0.29) is 0 Å². The van der Waals surface area contributed by atoms with E-state index in [1.165, 1.54) is 11.1 Å². The second-order valence-corrected chi connectivity index (χ2v) is 6.55. The molecule has 0 unspecified atom stereocenters. The van der Waals surface area contributed by atoms with Crippen LogP contribution in [0.4, 0.5) is 0 Å².